The second-order valence-corrected chi connectivity index (χ2v) is 9.63. The second-order valence-electron chi connectivity index (χ2n) is 7.85. The van der Waals surface area contributed by atoms with Crippen LogP contribution in [0.1, 0.15) is 13.8 Å². The third kappa shape index (κ3) is 4.69. The Kier molecular flexibility index (Phi) is 6.61. The minimum Gasteiger partial charge on any atom is -0.438 e. The van der Waals surface area contributed by atoms with Crippen LogP contribution in [0, 0.1) is 0 Å². The number of halogens is 1. The number of thiazole rings is 1. The standard InChI is InChI=1S/C28H24BrN3OS/c1-3-32(4-2)23-15-12-20-16-24(27(33-26(20)17-23)30-22-8-6-5-7-9-22)28-31-25(18-34-28)19-10-13-21(29)14-11-19/h5-18H,3-4H2,1-2H3. The zero-order chi connectivity index (χ0) is 23.5. The fourth-order valence-electron chi connectivity index (χ4n) is 3.90. The van der Waals surface area contributed by atoms with Crippen LogP contribution < -0.4 is 10.5 Å². The van der Waals surface area contributed by atoms with Crippen molar-refractivity contribution in [1.29, 1.82) is 0 Å². The van der Waals surface area contributed by atoms with Crippen LogP contribution in [-0.2, 0) is 0 Å². The van der Waals surface area contributed by atoms with Crippen LogP contribution in [-0.4, -0.2) is 18.1 Å². The monoisotopic (exact) mass is 529 g/mol. The molecule has 34 heavy (non-hydrogen) atoms. The summed E-state index contributed by atoms with van der Waals surface area (Å²) in [5.41, 5.74) is 6.27. The van der Waals surface area contributed by atoms with Gasteiger partial charge in [0.25, 0.3) is 0 Å². The highest BCUT2D eigenvalue weighted by molar-refractivity contribution is 9.10. The molecule has 0 bridgehead atoms. The highest BCUT2D eigenvalue weighted by Gasteiger charge is 2.13. The fraction of sp³-hybridized carbons (Fsp3) is 0.143. The normalized spacial score (nSPS) is 11.8. The van der Waals surface area contributed by atoms with E-state index in [0.29, 0.717) is 5.55 Å². The molecular formula is C28H24BrN3OS. The van der Waals surface area contributed by atoms with Crippen LogP contribution in [0.2, 0.25) is 0 Å². The van der Waals surface area contributed by atoms with E-state index < -0.39 is 0 Å². The molecule has 170 valence electrons. The number of hydrogen-bond acceptors (Lipinski definition) is 5. The van der Waals surface area contributed by atoms with Gasteiger partial charge >= 0.3 is 0 Å². The molecule has 5 aromatic rings. The van der Waals surface area contributed by atoms with Crippen molar-refractivity contribution < 1.29 is 4.42 Å². The predicted octanol–water partition coefficient (Wildman–Crippen LogP) is 8.06. The van der Waals surface area contributed by atoms with Gasteiger partial charge in [0.2, 0.25) is 5.55 Å². The molecule has 0 N–H and O–H groups in total. The molecule has 2 aromatic heterocycles. The van der Waals surface area contributed by atoms with E-state index in [1.54, 1.807) is 11.3 Å². The Bertz CT molecular complexity index is 1490. The fourth-order valence-corrected chi connectivity index (χ4v) is 5.00. The van der Waals surface area contributed by atoms with E-state index in [1.807, 2.05) is 42.5 Å². The van der Waals surface area contributed by atoms with Crippen LogP contribution in [0.25, 0.3) is 32.8 Å². The average Bonchev–Trinajstić information content (AvgIpc) is 3.35. The first-order valence-electron chi connectivity index (χ1n) is 11.3. The first-order valence-corrected chi connectivity index (χ1v) is 13.0. The van der Waals surface area contributed by atoms with Gasteiger partial charge in [0.1, 0.15) is 10.6 Å². The molecule has 0 atom stereocenters. The van der Waals surface area contributed by atoms with Crippen molar-refractivity contribution >= 4 is 49.6 Å². The quantitative estimate of drug-likeness (QED) is 0.223. The maximum Gasteiger partial charge on any atom is 0.230 e. The summed E-state index contributed by atoms with van der Waals surface area (Å²) < 4.78 is 7.48. The maximum atomic E-state index is 6.43. The lowest BCUT2D eigenvalue weighted by Gasteiger charge is -2.21. The molecule has 0 aliphatic heterocycles. The number of rotatable bonds is 6. The zero-order valence-corrected chi connectivity index (χ0v) is 21.4. The van der Waals surface area contributed by atoms with Crippen molar-refractivity contribution in [3.8, 4) is 21.8 Å². The van der Waals surface area contributed by atoms with Crippen LogP contribution in [0.5, 0.6) is 0 Å². The Morgan fingerprint density at radius 3 is 2.44 bits per heavy atom. The molecule has 3 aromatic carbocycles. The largest absolute Gasteiger partial charge is 0.438 e. The molecule has 0 fully saturated rings. The molecule has 6 heteroatoms. The highest BCUT2D eigenvalue weighted by Crippen LogP contribution is 2.31. The van der Waals surface area contributed by atoms with Gasteiger partial charge in [0.15, 0.2) is 0 Å². The summed E-state index contributed by atoms with van der Waals surface area (Å²) in [6.45, 7) is 6.21. The summed E-state index contributed by atoms with van der Waals surface area (Å²) in [5, 5.41) is 3.99. The van der Waals surface area contributed by atoms with Crippen molar-refractivity contribution in [2.45, 2.75) is 13.8 Å². The Hall–Kier alpha value is -3.22. The van der Waals surface area contributed by atoms with E-state index in [0.717, 1.165) is 61.7 Å². The van der Waals surface area contributed by atoms with Gasteiger partial charge in [0.05, 0.1) is 16.9 Å². The Morgan fingerprint density at radius 1 is 0.941 bits per heavy atom. The summed E-state index contributed by atoms with van der Waals surface area (Å²) in [7, 11) is 0. The van der Waals surface area contributed by atoms with Gasteiger partial charge in [-0.25, -0.2) is 9.98 Å². The molecule has 0 saturated carbocycles. The van der Waals surface area contributed by atoms with Crippen molar-refractivity contribution in [3.05, 3.63) is 94.3 Å². The molecule has 0 aliphatic carbocycles. The number of aromatic nitrogens is 1. The van der Waals surface area contributed by atoms with Gasteiger partial charge in [-0.2, -0.15) is 0 Å². The van der Waals surface area contributed by atoms with Crippen molar-refractivity contribution in [1.82, 2.24) is 4.98 Å². The molecule has 4 nitrogen and oxygen atoms in total. The molecule has 0 aliphatic rings. The number of benzene rings is 3. The van der Waals surface area contributed by atoms with E-state index in [9.17, 15) is 0 Å². The second kappa shape index (κ2) is 9.95. The minimum absolute atomic E-state index is 0.562. The summed E-state index contributed by atoms with van der Waals surface area (Å²) in [6, 6.07) is 26.6. The Balaban J connectivity index is 1.67. The summed E-state index contributed by atoms with van der Waals surface area (Å²) in [6.07, 6.45) is 0. The molecule has 0 unspecified atom stereocenters. The summed E-state index contributed by atoms with van der Waals surface area (Å²) in [5.74, 6) is 0. The smallest absolute Gasteiger partial charge is 0.230 e. The van der Waals surface area contributed by atoms with Crippen LogP contribution >= 0.6 is 27.3 Å². The van der Waals surface area contributed by atoms with Gasteiger partial charge in [-0.05, 0) is 56.3 Å². The lowest BCUT2D eigenvalue weighted by atomic mass is 10.1. The lowest BCUT2D eigenvalue weighted by Crippen LogP contribution is -2.21. The van der Waals surface area contributed by atoms with Crippen LogP contribution in [0.3, 0.4) is 0 Å². The van der Waals surface area contributed by atoms with Gasteiger partial charge in [0, 0.05) is 45.6 Å². The SMILES string of the molecule is CCN(CC)c1ccc2cc(-c3nc(-c4ccc(Br)cc4)cs3)c(=Nc3ccccc3)oc2c1. The number of para-hydroxylation sites is 1. The van der Waals surface area contributed by atoms with E-state index in [4.69, 9.17) is 14.4 Å². The van der Waals surface area contributed by atoms with E-state index in [2.05, 4.69) is 76.5 Å². The number of hydrogen-bond donors (Lipinski definition) is 0. The minimum atomic E-state index is 0.562. The highest BCUT2D eigenvalue weighted by atomic mass is 79.9. The molecule has 5 rings (SSSR count). The predicted molar refractivity (Wildman–Crippen MR) is 146 cm³/mol. The zero-order valence-electron chi connectivity index (χ0n) is 19.0. The summed E-state index contributed by atoms with van der Waals surface area (Å²) in [4.78, 5) is 12.1. The average molecular weight is 530 g/mol. The van der Waals surface area contributed by atoms with Gasteiger partial charge in [-0.15, -0.1) is 11.3 Å². The molecule has 0 spiro atoms. The lowest BCUT2D eigenvalue weighted by molar-refractivity contribution is 0.547. The number of nitrogens with zero attached hydrogens (tertiary/aromatic N) is 3. The van der Waals surface area contributed by atoms with Gasteiger partial charge in [-0.3, -0.25) is 0 Å². The molecule has 0 radical (unpaired) electrons. The van der Waals surface area contributed by atoms with Crippen molar-refractivity contribution in [2.24, 2.45) is 4.99 Å². The Labute approximate surface area is 211 Å². The first kappa shape index (κ1) is 22.6. The van der Waals surface area contributed by atoms with Gasteiger partial charge < -0.3 is 9.32 Å². The van der Waals surface area contributed by atoms with Crippen molar-refractivity contribution in [3.63, 3.8) is 0 Å². The van der Waals surface area contributed by atoms with Crippen molar-refractivity contribution in [2.75, 3.05) is 18.0 Å². The molecule has 0 amide bonds. The maximum absolute atomic E-state index is 6.43. The summed E-state index contributed by atoms with van der Waals surface area (Å²) >= 11 is 5.10. The van der Waals surface area contributed by atoms with E-state index >= 15 is 0 Å². The van der Waals surface area contributed by atoms with Crippen LogP contribution in [0.4, 0.5) is 11.4 Å². The molecular weight excluding hydrogens is 506 g/mol. The molecule has 0 saturated heterocycles. The Morgan fingerprint density at radius 2 is 1.71 bits per heavy atom. The molecule has 2 heterocycles. The topological polar surface area (TPSA) is 41.6 Å². The van der Waals surface area contributed by atoms with Crippen LogP contribution in [0.15, 0.2) is 98.1 Å². The van der Waals surface area contributed by atoms with E-state index in [1.165, 1.54) is 0 Å². The number of fused-ring (bicyclic) bond motifs is 1. The van der Waals surface area contributed by atoms with Gasteiger partial charge in [-0.1, -0.05) is 46.3 Å². The third-order valence-corrected chi connectivity index (χ3v) is 7.13. The third-order valence-electron chi connectivity index (χ3n) is 5.72. The first-order chi connectivity index (χ1) is 16.6. The number of anilines is 1. The van der Waals surface area contributed by atoms with E-state index in [-0.39, 0.29) is 0 Å².